The number of hydrogen-bond donors (Lipinski definition) is 2. The maximum Gasteiger partial charge on any atom is 0.331 e. The fourth-order valence-corrected chi connectivity index (χ4v) is 3.26. The molecule has 1 aromatic carbocycles. The fourth-order valence-electron chi connectivity index (χ4n) is 2.42. The molecule has 2 N–H and O–H groups in total. The number of carbonyl (C=O) groups is 3. The summed E-state index contributed by atoms with van der Waals surface area (Å²) in [5.41, 5.74) is 0.142. The predicted molar refractivity (Wildman–Crippen MR) is 101 cm³/mol. The van der Waals surface area contributed by atoms with E-state index in [1.54, 1.807) is 12.1 Å². The quantitative estimate of drug-likeness (QED) is 0.494. The third-order valence-corrected chi connectivity index (χ3v) is 5.93. The number of imide groups is 2. The van der Waals surface area contributed by atoms with Gasteiger partial charge in [-0.15, -0.1) is 0 Å². The third-order valence-electron chi connectivity index (χ3n) is 3.77. The van der Waals surface area contributed by atoms with E-state index in [4.69, 9.17) is 9.15 Å². The molecule has 10 heteroatoms. The Hall–Kier alpha value is -2.59. The molecule has 0 atom stereocenters. The number of carbonyl (C=O) groups excluding carboxylic acids is 3. The van der Waals surface area contributed by atoms with Crippen molar-refractivity contribution in [1.29, 1.82) is 0 Å². The topological polar surface area (TPSA) is 109 Å². The second-order valence-electron chi connectivity index (χ2n) is 5.43. The molecule has 0 bridgehead atoms. The molecule has 8 nitrogen and oxygen atoms in total. The van der Waals surface area contributed by atoms with E-state index in [1.165, 1.54) is 25.5 Å². The van der Waals surface area contributed by atoms with Gasteiger partial charge in [-0.3, -0.25) is 19.8 Å². The Balaban J connectivity index is 2.02. The Morgan fingerprint density at radius 3 is 2.67 bits per heavy atom. The maximum atomic E-state index is 12.7. The SMILES string of the molecule is COc1cc(/C=C2\C(=O)NC(=O)N(Cc3ccco3)C2=O)c(Br)c(Br)c1O. The molecule has 1 aliphatic rings. The molecule has 2 heterocycles. The summed E-state index contributed by atoms with van der Waals surface area (Å²) in [6, 6.07) is 3.85. The molecule has 1 aromatic heterocycles. The van der Waals surface area contributed by atoms with Crippen LogP contribution in [0, 0.1) is 0 Å². The summed E-state index contributed by atoms with van der Waals surface area (Å²) in [7, 11) is 1.37. The zero-order valence-electron chi connectivity index (χ0n) is 13.8. The van der Waals surface area contributed by atoms with Crippen LogP contribution in [0.4, 0.5) is 4.79 Å². The number of hydrogen-bond acceptors (Lipinski definition) is 6. The lowest BCUT2D eigenvalue weighted by atomic mass is 10.1. The van der Waals surface area contributed by atoms with Crippen LogP contribution in [-0.2, 0) is 16.1 Å². The monoisotopic (exact) mass is 498 g/mol. The summed E-state index contributed by atoms with van der Waals surface area (Å²) in [5, 5.41) is 12.1. The number of urea groups is 1. The van der Waals surface area contributed by atoms with Crippen molar-refractivity contribution in [3.8, 4) is 11.5 Å². The number of furan rings is 1. The first kappa shape index (κ1) is 19.2. The highest BCUT2D eigenvalue weighted by atomic mass is 79.9. The number of nitrogens with one attached hydrogen (secondary N) is 1. The van der Waals surface area contributed by atoms with Gasteiger partial charge in [0.2, 0.25) is 0 Å². The van der Waals surface area contributed by atoms with Gasteiger partial charge in [0, 0.05) is 4.47 Å². The van der Waals surface area contributed by atoms with Gasteiger partial charge < -0.3 is 14.3 Å². The molecule has 1 fully saturated rings. The molecule has 1 aliphatic heterocycles. The summed E-state index contributed by atoms with van der Waals surface area (Å²) in [5.74, 6) is -1.20. The number of phenolic OH excluding ortho intramolecular Hbond substituents is 1. The van der Waals surface area contributed by atoms with Crippen LogP contribution in [0.5, 0.6) is 11.5 Å². The van der Waals surface area contributed by atoms with Crippen molar-refractivity contribution < 1.29 is 28.6 Å². The number of nitrogens with zero attached hydrogens (tertiary/aromatic N) is 1. The molecule has 2 aromatic rings. The number of benzene rings is 1. The van der Waals surface area contributed by atoms with E-state index in [0.717, 1.165) is 4.90 Å². The highest BCUT2D eigenvalue weighted by Gasteiger charge is 2.36. The van der Waals surface area contributed by atoms with Gasteiger partial charge in [0.25, 0.3) is 11.8 Å². The first-order chi connectivity index (χ1) is 12.8. The number of ether oxygens (including phenoxy) is 1. The van der Waals surface area contributed by atoms with Crippen molar-refractivity contribution >= 4 is 55.8 Å². The van der Waals surface area contributed by atoms with E-state index in [2.05, 4.69) is 37.2 Å². The van der Waals surface area contributed by atoms with E-state index >= 15 is 0 Å². The number of barbiturate groups is 1. The molecule has 0 aliphatic carbocycles. The van der Waals surface area contributed by atoms with E-state index in [0.29, 0.717) is 20.3 Å². The number of methoxy groups -OCH3 is 1. The molecule has 27 heavy (non-hydrogen) atoms. The molecule has 1 saturated heterocycles. The van der Waals surface area contributed by atoms with Gasteiger partial charge in [-0.25, -0.2) is 4.79 Å². The number of aromatic hydroxyl groups is 1. The molecular weight excluding hydrogens is 488 g/mol. The second kappa shape index (κ2) is 7.57. The fraction of sp³-hybridized carbons (Fsp3) is 0.118. The first-order valence-electron chi connectivity index (χ1n) is 7.49. The molecule has 140 valence electrons. The number of amides is 4. The maximum absolute atomic E-state index is 12.7. The van der Waals surface area contributed by atoms with E-state index in [9.17, 15) is 19.5 Å². The molecule has 0 radical (unpaired) electrons. The highest BCUT2D eigenvalue weighted by Crippen LogP contribution is 2.42. The molecule has 3 rings (SSSR count). The molecule has 0 saturated carbocycles. The average molecular weight is 500 g/mol. The Morgan fingerprint density at radius 2 is 2.04 bits per heavy atom. The van der Waals surface area contributed by atoms with Gasteiger partial charge in [0.05, 0.1) is 24.4 Å². The van der Waals surface area contributed by atoms with Crippen molar-refractivity contribution in [3.63, 3.8) is 0 Å². The van der Waals surface area contributed by atoms with Crippen molar-refractivity contribution in [2.75, 3.05) is 7.11 Å². The van der Waals surface area contributed by atoms with Crippen LogP contribution in [0.25, 0.3) is 6.08 Å². The lowest BCUT2D eigenvalue weighted by molar-refractivity contribution is -0.130. The Bertz CT molecular complexity index is 968. The normalized spacial score (nSPS) is 16.0. The van der Waals surface area contributed by atoms with Gasteiger partial charge in [0.1, 0.15) is 11.3 Å². The standard InChI is InChI=1S/C17H12Br2N2O6/c1-26-11-6-8(12(18)13(19)14(11)22)5-10-15(23)20-17(25)21(16(10)24)7-9-3-2-4-27-9/h2-6,22H,7H2,1H3,(H,20,23,25)/b10-5+. The van der Waals surface area contributed by atoms with Crippen LogP contribution in [0.3, 0.4) is 0 Å². The summed E-state index contributed by atoms with van der Waals surface area (Å²) in [6.45, 7) is -0.119. The van der Waals surface area contributed by atoms with Crippen LogP contribution >= 0.6 is 31.9 Å². The summed E-state index contributed by atoms with van der Waals surface area (Å²) >= 11 is 6.50. The number of phenols is 1. The minimum Gasteiger partial charge on any atom is -0.503 e. The molecule has 4 amide bonds. The summed E-state index contributed by atoms with van der Waals surface area (Å²) in [4.78, 5) is 37.8. The van der Waals surface area contributed by atoms with Gasteiger partial charge in [-0.1, -0.05) is 0 Å². The van der Waals surface area contributed by atoms with Crippen molar-refractivity contribution in [3.05, 3.63) is 50.3 Å². The van der Waals surface area contributed by atoms with Crippen molar-refractivity contribution in [2.45, 2.75) is 6.54 Å². The van der Waals surface area contributed by atoms with Crippen molar-refractivity contribution in [2.24, 2.45) is 0 Å². The minimum atomic E-state index is -0.831. The Morgan fingerprint density at radius 1 is 1.30 bits per heavy atom. The lowest BCUT2D eigenvalue weighted by Crippen LogP contribution is -2.53. The van der Waals surface area contributed by atoms with E-state index in [1.807, 2.05) is 0 Å². The summed E-state index contributed by atoms with van der Waals surface area (Å²) < 4.78 is 10.9. The Kier molecular flexibility index (Phi) is 5.38. The van der Waals surface area contributed by atoms with Gasteiger partial charge in [-0.05, 0) is 61.7 Å². The van der Waals surface area contributed by atoms with Crippen molar-refractivity contribution in [1.82, 2.24) is 10.2 Å². The number of rotatable bonds is 4. The number of halogens is 2. The van der Waals surface area contributed by atoms with Gasteiger partial charge in [0.15, 0.2) is 11.5 Å². The molecule has 0 spiro atoms. The van der Waals surface area contributed by atoms with Crippen LogP contribution in [0.2, 0.25) is 0 Å². The average Bonchev–Trinajstić information content (AvgIpc) is 3.15. The predicted octanol–water partition coefficient (Wildman–Crippen LogP) is 3.18. The van der Waals surface area contributed by atoms with Gasteiger partial charge in [-0.2, -0.15) is 0 Å². The van der Waals surface area contributed by atoms with Crippen LogP contribution in [0.15, 0.2) is 43.4 Å². The van der Waals surface area contributed by atoms with Crippen LogP contribution < -0.4 is 10.1 Å². The van der Waals surface area contributed by atoms with Crippen LogP contribution in [-0.4, -0.2) is 35.0 Å². The van der Waals surface area contributed by atoms with Crippen LogP contribution in [0.1, 0.15) is 11.3 Å². The Labute approximate surface area is 170 Å². The second-order valence-corrected chi connectivity index (χ2v) is 7.02. The summed E-state index contributed by atoms with van der Waals surface area (Å²) in [6.07, 6.45) is 2.72. The van der Waals surface area contributed by atoms with Gasteiger partial charge >= 0.3 is 6.03 Å². The smallest absolute Gasteiger partial charge is 0.331 e. The molecular formula is C17H12Br2N2O6. The van der Waals surface area contributed by atoms with E-state index < -0.39 is 17.8 Å². The zero-order chi connectivity index (χ0) is 19.7. The largest absolute Gasteiger partial charge is 0.503 e. The molecule has 0 unspecified atom stereocenters. The van der Waals surface area contributed by atoms with E-state index in [-0.39, 0.29) is 23.6 Å². The zero-order valence-corrected chi connectivity index (χ0v) is 17.0. The first-order valence-corrected chi connectivity index (χ1v) is 9.08. The third kappa shape index (κ3) is 3.62. The lowest BCUT2D eigenvalue weighted by Gasteiger charge is -2.25. The highest BCUT2D eigenvalue weighted by molar-refractivity contribution is 9.13. The minimum absolute atomic E-state index is 0.119.